The minimum Gasteiger partial charge on any atom is -0.376 e. The predicted octanol–water partition coefficient (Wildman–Crippen LogP) is 4.47. The van der Waals surface area contributed by atoms with E-state index in [4.69, 9.17) is 10.3 Å². The molecule has 1 saturated heterocycles. The lowest BCUT2D eigenvalue weighted by atomic mass is 10.2. The molecule has 1 aliphatic rings. The summed E-state index contributed by atoms with van der Waals surface area (Å²) in [5.41, 5.74) is 9.82. The van der Waals surface area contributed by atoms with Crippen LogP contribution in [0.1, 0.15) is 18.4 Å². The molecule has 1 aliphatic heterocycles. The van der Waals surface area contributed by atoms with Crippen LogP contribution >= 0.6 is 23.5 Å². The van der Waals surface area contributed by atoms with Gasteiger partial charge in [0.25, 0.3) is 0 Å². The van der Waals surface area contributed by atoms with Crippen molar-refractivity contribution >= 4 is 23.5 Å². The van der Waals surface area contributed by atoms with Gasteiger partial charge in [0.15, 0.2) is 0 Å². The number of thioether (sulfide) groups is 2. The molecule has 0 bridgehead atoms. The van der Waals surface area contributed by atoms with Crippen LogP contribution in [0.4, 0.5) is 0 Å². The van der Waals surface area contributed by atoms with E-state index in [0.717, 1.165) is 12.0 Å². The van der Waals surface area contributed by atoms with Crippen LogP contribution in [0, 0.1) is 0 Å². The summed E-state index contributed by atoms with van der Waals surface area (Å²) in [6.07, 6.45) is 2.18. The second-order valence-electron chi connectivity index (χ2n) is 4.62. The summed E-state index contributed by atoms with van der Waals surface area (Å²) in [6.45, 7) is 1.07. The number of rotatable bonds is 7. The largest absolute Gasteiger partial charge is 0.376 e. The molecule has 2 rings (SSSR count). The zero-order valence-corrected chi connectivity index (χ0v) is 13.0. The Morgan fingerprint density at radius 3 is 2.75 bits per heavy atom. The van der Waals surface area contributed by atoms with Crippen molar-refractivity contribution in [1.82, 2.24) is 0 Å². The van der Waals surface area contributed by atoms with Crippen LogP contribution in [0.5, 0.6) is 0 Å². The molecular formula is C14H19N3OS2. The number of hydrogen-bond acceptors (Lipinski definition) is 4. The lowest BCUT2D eigenvalue weighted by Gasteiger charge is -2.23. The van der Waals surface area contributed by atoms with E-state index in [9.17, 15) is 0 Å². The van der Waals surface area contributed by atoms with E-state index in [-0.39, 0.29) is 6.04 Å². The van der Waals surface area contributed by atoms with Crippen molar-refractivity contribution in [1.29, 1.82) is 0 Å². The van der Waals surface area contributed by atoms with E-state index >= 15 is 0 Å². The van der Waals surface area contributed by atoms with Crippen molar-refractivity contribution in [3.8, 4) is 0 Å². The second-order valence-corrected chi connectivity index (χ2v) is 7.54. The number of hydrogen-bond donors (Lipinski definition) is 0. The van der Waals surface area contributed by atoms with Gasteiger partial charge in [-0.2, -0.15) is 0 Å². The summed E-state index contributed by atoms with van der Waals surface area (Å²) < 4.78 is 6.23. The smallest absolute Gasteiger partial charge is 0.0717 e. The van der Waals surface area contributed by atoms with Crippen LogP contribution in [0.25, 0.3) is 10.4 Å². The molecule has 1 aromatic rings. The van der Waals surface area contributed by atoms with Crippen LogP contribution in [-0.4, -0.2) is 28.7 Å². The van der Waals surface area contributed by atoms with Crippen LogP contribution < -0.4 is 0 Å². The monoisotopic (exact) mass is 309 g/mol. The molecule has 0 spiro atoms. The molecule has 0 radical (unpaired) electrons. The lowest BCUT2D eigenvalue weighted by Crippen LogP contribution is -2.19. The molecule has 1 fully saturated rings. The molecule has 6 heteroatoms. The summed E-state index contributed by atoms with van der Waals surface area (Å²) in [5.74, 6) is 2.43. The minimum atomic E-state index is -0.0631. The highest BCUT2D eigenvalue weighted by Crippen LogP contribution is 2.34. The Kier molecular flexibility index (Phi) is 7.15. The molecule has 1 atom stereocenters. The Balaban J connectivity index is 1.75. The van der Waals surface area contributed by atoms with E-state index in [1.807, 2.05) is 53.9 Å². The molecular weight excluding hydrogens is 290 g/mol. The summed E-state index contributed by atoms with van der Waals surface area (Å²) in [5, 5.41) is 3.88. The van der Waals surface area contributed by atoms with Gasteiger partial charge >= 0.3 is 0 Å². The average molecular weight is 309 g/mol. The first-order valence-electron chi connectivity index (χ1n) is 6.77. The maximum atomic E-state index is 8.67. The zero-order valence-electron chi connectivity index (χ0n) is 11.4. The Morgan fingerprint density at radius 1 is 1.30 bits per heavy atom. The molecule has 1 unspecified atom stereocenters. The highest BCUT2D eigenvalue weighted by atomic mass is 32.2. The maximum Gasteiger partial charge on any atom is 0.0717 e. The van der Waals surface area contributed by atoms with Crippen molar-refractivity contribution in [3.05, 3.63) is 46.3 Å². The first kappa shape index (κ1) is 15.6. The minimum absolute atomic E-state index is 0.0631. The van der Waals surface area contributed by atoms with Gasteiger partial charge in [-0.1, -0.05) is 35.4 Å². The number of azide groups is 1. The number of benzene rings is 1. The molecule has 1 heterocycles. The Labute approximate surface area is 128 Å². The van der Waals surface area contributed by atoms with Gasteiger partial charge in [0.2, 0.25) is 0 Å². The second kappa shape index (κ2) is 9.19. The van der Waals surface area contributed by atoms with Crippen molar-refractivity contribution in [2.45, 2.75) is 30.1 Å². The molecule has 0 amide bonds. The van der Waals surface area contributed by atoms with Crippen molar-refractivity contribution in [2.75, 3.05) is 18.1 Å². The summed E-state index contributed by atoms with van der Waals surface area (Å²) in [6, 6.07) is 10.00. The fraction of sp³-hybridized carbons (Fsp3) is 0.571. The zero-order chi connectivity index (χ0) is 14.0. The van der Waals surface area contributed by atoms with Crippen molar-refractivity contribution < 1.29 is 4.74 Å². The van der Waals surface area contributed by atoms with Crippen LogP contribution in [0.2, 0.25) is 0 Å². The fourth-order valence-electron chi connectivity index (χ4n) is 2.00. The van der Waals surface area contributed by atoms with Crippen molar-refractivity contribution in [2.24, 2.45) is 5.11 Å². The Bertz CT molecular complexity index is 431. The molecule has 4 nitrogen and oxygen atoms in total. The van der Waals surface area contributed by atoms with Gasteiger partial charge in [-0.15, -0.1) is 23.5 Å². The third kappa shape index (κ3) is 5.67. The van der Waals surface area contributed by atoms with E-state index in [2.05, 4.69) is 10.0 Å². The van der Waals surface area contributed by atoms with Gasteiger partial charge < -0.3 is 4.74 Å². The Morgan fingerprint density at radius 2 is 2.05 bits per heavy atom. The molecule has 0 saturated carbocycles. The van der Waals surface area contributed by atoms with E-state index in [1.54, 1.807) is 0 Å². The average Bonchev–Trinajstić information content (AvgIpc) is 2.49. The van der Waals surface area contributed by atoms with Crippen LogP contribution in [0.15, 0.2) is 35.4 Å². The van der Waals surface area contributed by atoms with E-state index in [0.29, 0.717) is 17.8 Å². The highest BCUT2D eigenvalue weighted by molar-refractivity contribution is 8.17. The molecule has 0 aromatic heterocycles. The number of nitrogens with zero attached hydrogens (tertiary/aromatic N) is 3. The van der Waals surface area contributed by atoms with E-state index in [1.165, 1.54) is 17.9 Å². The first-order chi connectivity index (χ1) is 9.88. The summed E-state index contributed by atoms with van der Waals surface area (Å²) in [7, 11) is 0. The molecule has 20 heavy (non-hydrogen) atoms. The summed E-state index contributed by atoms with van der Waals surface area (Å²) in [4.78, 5) is 2.95. The topological polar surface area (TPSA) is 58.0 Å². The third-order valence-electron chi connectivity index (χ3n) is 3.00. The van der Waals surface area contributed by atoms with Crippen LogP contribution in [-0.2, 0) is 11.3 Å². The lowest BCUT2D eigenvalue weighted by molar-refractivity contribution is 0.107. The third-order valence-corrected chi connectivity index (χ3v) is 5.99. The molecule has 0 aliphatic carbocycles. The van der Waals surface area contributed by atoms with Gasteiger partial charge in [0.1, 0.15) is 0 Å². The Hall–Kier alpha value is -0.810. The fourth-order valence-corrected chi connectivity index (χ4v) is 5.01. The van der Waals surface area contributed by atoms with Gasteiger partial charge in [-0.25, -0.2) is 0 Å². The molecule has 1 aromatic carbocycles. The van der Waals surface area contributed by atoms with Crippen molar-refractivity contribution in [3.63, 3.8) is 0 Å². The van der Waals surface area contributed by atoms with Gasteiger partial charge in [-0.05, 0) is 35.4 Å². The predicted molar refractivity (Wildman–Crippen MR) is 87.0 cm³/mol. The number of ether oxygens (including phenoxy) is 1. The standard InChI is InChI=1S/C14H19N3OS2/c15-17-16-13(9-14-19-7-4-8-20-14)11-18-10-12-5-2-1-3-6-12/h1-3,5-6,13-14H,4,7-11H2. The van der Waals surface area contributed by atoms with Gasteiger partial charge in [-0.3, -0.25) is 0 Å². The van der Waals surface area contributed by atoms with Gasteiger partial charge in [0, 0.05) is 4.91 Å². The first-order valence-corrected chi connectivity index (χ1v) is 8.87. The highest BCUT2D eigenvalue weighted by Gasteiger charge is 2.19. The summed E-state index contributed by atoms with van der Waals surface area (Å²) >= 11 is 3.94. The van der Waals surface area contributed by atoms with E-state index < -0.39 is 0 Å². The molecule has 108 valence electrons. The molecule has 0 N–H and O–H groups in total. The maximum absolute atomic E-state index is 8.67. The normalized spacial score (nSPS) is 17.4. The SMILES string of the molecule is [N-]=[N+]=NC(COCc1ccccc1)CC1SCCCS1. The van der Waals surface area contributed by atoms with Crippen LogP contribution in [0.3, 0.4) is 0 Å². The van der Waals surface area contributed by atoms with Gasteiger partial charge in [0.05, 0.1) is 23.8 Å². The quantitative estimate of drug-likeness (QED) is 0.424.